The number of benzene rings is 4. The number of anilines is 4. The van der Waals surface area contributed by atoms with Gasteiger partial charge in [0.15, 0.2) is 23.3 Å². The molecule has 5 saturated carbocycles. The van der Waals surface area contributed by atoms with Crippen molar-refractivity contribution in [1.29, 1.82) is 0 Å². The van der Waals surface area contributed by atoms with Gasteiger partial charge in [-0.15, -0.1) is 0 Å². The van der Waals surface area contributed by atoms with Crippen LogP contribution < -0.4 is 28.3 Å². The third-order valence-corrected chi connectivity index (χ3v) is 26.0. The quantitative estimate of drug-likeness (QED) is 0.0355. The number of carbonyl (C=O) groups excluding carboxylic acids is 2. The summed E-state index contributed by atoms with van der Waals surface area (Å²) in [6.45, 7) is 9.25. The van der Waals surface area contributed by atoms with Crippen LogP contribution >= 0.6 is 0 Å². The van der Waals surface area contributed by atoms with E-state index >= 15 is 0 Å². The zero-order valence-corrected chi connectivity index (χ0v) is 74.7. The molecule has 0 bridgehead atoms. The lowest BCUT2D eigenvalue weighted by Crippen LogP contribution is -2.42. The second-order valence-corrected chi connectivity index (χ2v) is 36.3. The van der Waals surface area contributed by atoms with Gasteiger partial charge in [0.2, 0.25) is 29.7 Å². The van der Waals surface area contributed by atoms with Crippen molar-refractivity contribution < 1.29 is 32.4 Å². The zero-order valence-electron chi connectivity index (χ0n) is 74.7. The van der Waals surface area contributed by atoms with Gasteiger partial charge in [-0.05, 0) is 156 Å². The van der Waals surface area contributed by atoms with E-state index in [9.17, 15) is 9.59 Å². The fourth-order valence-electron chi connectivity index (χ4n) is 17.4. The van der Waals surface area contributed by atoms with Gasteiger partial charge >= 0.3 is 0 Å². The number of nitrogens with one attached hydrogen (secondary N) is 1. The van der Waals surface area contributed by atoms with E-state index in [2.05, 4.69) is 183 Å². The molecule has 4 aromatic carbocycles. The maximum Gasteiger partial charge on any atom is 0.261 e. The number of nitrogen functional groups attached to an aromatic ring is 4. The molecule has 5 aliphatic carbocycles. The van der Waals surface area contributed by atoms with Gasteiger partial charge in [-0.1, -0.05) is 143 Å². The molecule has 0 atom stereocenters. The predicted molar refractivity (Wildman–Crippen MR) is 492 cm³/mol. The summed E-state index contributed by atoms with van der Waals surface area (Å²) in [6.07, 6.45) is 40.9. The van der Waals surface area contributed by atoms with Gasteiger partial charge in [0.1, 0.15) is 18.9 Å². The number of hydrogen-bond acceptors (Lipinski definition) is 31. The second kappa shape index (κ2) is 36.6. The van der Waals surface area contributed by atoms with Gasteiger partial charge in [0.05, 0.1) is 94.5 Å². The van der Waals surface area contributed by atoms with Gasteiger partial charge in [0.25, 0.3) is 23.6 Å². The molecule has 0 spiro atoms. The molecule has 12 aromatic heterocycles. The number of likely N-dealkylation sites (N-methyl/N-ethyl adjacent to an activating group) is 2. The summed E-state index contributed by atoms with van der Waals surface area (Å²) >= 11 is 0. The number of nitrogens with zero attached hydrogens (tertiary/aromatic N) is 25. The van der Waals surface area contributed by atoms with Crippen LogP contribution in [0.1, 0.15) is 162 Å². The maximum atomic E-state index is 12.4. The molecule has 37 heteroatoms. The van der Waals surface area contributed by atoms with Gasteiger partial charge in [-0.3, -0.25) is 28.3 Å². The first-order valence-electron chi connectivity index (χ1n) is 44.6. The molecule has 6 fully saturated rings. The molecule has 16 aromatic rings. The molecule has 6 aliphatic rings. The largest absolute Gasteiger partial charge is 0.384 e. The first-order chi connectivity index (χ1) is 64.5. The Hall–Kier alpha value is -15.3. The summed E-state index contributed by atoms with van der Waals surface area (Å²) < 4.78 is 34.8. The van der Waals surface area contributed by atoms with Crippen molar-refractivity contribution in [3.05, 3.63) is 248 Å². The highest BCUT2D eigenvalue weighted by Crippen LogP contribution is 2.53. The van der Waals surface area contributed by atoms with E-state index < -0.39 is 0 Å². The van der Waals surface area contributed by atoms with Crippen LogP contribution in [0.15, 0.2) is 220 Å². The Morgan fingerprint density at radius 1 is 0.398 bits per heavy atom. The molecule has 133 heavy (non-hydrogen) atoms. The number of carbonyl (C=O) groups is 2. The van der Waals surface area contributed by atoms with Crippen LogP contribution in [0.4, 0.5) is 23.7 Å². The average molecular weight is 1790 g/mol. The number of hydrogen-bond donors (Lipinski definition) is 5. The van der Waals surface area contributed by atoms with Gasteiger partial charge in [-0.25, -0.2) is 34.9 Å². The van der Waals surface area contributed by atoms with E-state index in [0.717, 1.165) is 181 Å². The van der Waals surface area contributed by atoms with Crippen LogP contribution in [0, 0.1) is 0 Å². The Bertz CT molecular complexity index is 6680. The minimum absolute atomic E-state index is 0.0516. The van der Waals surface area contributed by atoms with E-state index in [1.807, 2.05) is 75.8 Å². The fourth-order valence-corrected chi connectivity index (χ4v) is 17.4. The van der Waals surface area contributed by atoms with Crippen molar-refractivity contribution in [1.82, 2.24) is 130 Å². The van der Waals surface area contributed by atoms with Crippen LogP contribution in [0.3, 0.4) is 0 Å². The number of amides is 2. The summed E-state index contributed by atoms with van der Waals surface area (Å²) in [7, 11) is 5.94. The van der Waals surface area contributed by atoms with Gasteiger partial charge < -0.3 is 60.9 Å². The smallest absolute Gasteiger partial charge is 0.261 e. The third-order valence-electron chi connectivity index (χ3n) is 26.0. The van der Waals surface area contributed by atoms with E-state index in [1.165, 1.54) is 11.1 Å². The van der Waals surface area contributed by atoms with E-state index in [-0.39, 0.29) is 69.9 Å². The second-order valence-electron chi connectivity index (χ2n) is 36.3. The Kier molecular flexibility index (Phi) is 24.0. The van der Waals surface area contributed by atoms with Crippen molar-refractivity contribution >= 4 is 35.5 Å². The van der Waals surface area contributed by atoms with Gasteiger partial charge in [0, 0.05) is 116 Å². The highest BCUT2D eigenvalue weighted by molar-refractivity contribution is 5.77. The summed E-state index contributed by atoms with van der Waals surface area (Å²) in [5.41, 5.74) is 37.0. The molecule has 22 rings (SSSR count). The van der Waals surface area contributed by atoms with Gasteiger partial charge in [-0.2, -0.15) is 40.3 Å². The lowest BCUT2D eigenvalue weighted by Gasteiger charge is -2.39. The Balaban J connectivity index is 0.000000114. The molecular weight excluding hydrogens is 1690 g/mol. The van der Waals surface area contributed by atoms with Crippen molar-refractivity contribution in [2.45, 2.75) is 170 Å². The molecule has 2 amide bonds. The maximum absolute atomic E-state index is 12.4. The lowest BCUT2D eigenvalue weighted by molar-refractivity contribution is -0.131. The topological polar surface area (TPSA) is 483 Å². The first kappa shape index (κ1) is 87.1. The Morgan fingerprint density at radius 3 is 1.05 bits per heavy atom. The van der Waals surface area contributed by atoms with E-state index in [4.69, 9.17) is 65.7 Å². The number of nitrogens with two attached hydrogens (primary N) is 4. The summed E-state index contributed by atoms with van der Waals surface area (Å²) in [5, 5.41) is 37.8. The number of aromatic nitrogens is 23. The molecule has 13 heterocycles. The number of pyridine rings is 1. The van der Waals surface area contributed by atoms with Crippen molar-refractivity contribution in [2.75, 3.05) is 63.8 Å². The fraction of sp³-hybridized carbons (Fsp3) is 0.344. The monoisotopic (exact) mass is 1790 g/mol. The standard InChI is InChI=1S/C25H26N8O2.C25H28N8O2.C23H26N8O.C23H22N6O2/c1-32(20-7-8-20)21(34)15-33-14-18(13-29-33)22-30-23(31-35-22)25(9-2-10-25)19-5-3-16(4-6-19)17-11-27-24(26)28-12-17;1-24(2,3)31-20(34)15-33-14-18(13-29-33)21-30-22(32-35-21)25(9-4-10-25)19-7-5-16(6-8-19)17-11-27-23(26)28-12-17;1-30(2)10-11-31-15-18(14-27-31)20-28-21(29-32-20)23(8-3-9-23)19-6-4-16(5-7-19)17-12-25-22(24)26-13-17;24-20-7-4-16(10-25-20)15-2-5-18(6-3-15)23(8-1-9-23)22-27-21(31-28-22)17-11-26-29(12-17)19-13-30-14-19/h3-6,11-14,20H,2,7-10,15H2,1H3,(H2,26,27,28);5-8,11-14H,4,9-10,15H2,1-3H3,(H,31,34)(H2,26,27,28);4-7,12-15H,3,8-11H2,1-2H3,(H2,24,25,26);2-7,10-12,19H,1,8-9,13-14H2,(H2,24,25). The average Bonchev–Trinajstić information content (AvgIpc) is 1.72. The minimum Gasteiger partial charge on any atom is -0.384 e. The molecule has 37 nitrogen and oxygen atoms in total. The normalized spacial score (nSPS) is 16.1. The number of rotatable bonds is 25. The molecule has 1 saturated heterocycles. The third kappa shape index (κ3) is 18.6. The summed E-state index contributed by atoms with van der Waals surface area (Å²) in [6, 6.07) is 38.1. The zero-order chi connectivity index (χ0) is 91.6. The van der Waals surface area contributed by atoms with Crippen molar-refractivity contribution in [3.8, 4) is 90.3 Å². The predicted octanol–water partition coefficient (Wildman–Crippen LogP) is 13.0. The van der Waals surface area contributed by atoms with Crippen LogP contribution in [-0.2, 0) is 55.6 Å². The summed E-state index contributed by atoms with van der Waals surface area (Å²) in [4.78, 5) is 76.2. The molecule has 678 valence electrons. The molecule has 9 N–H and O–H groups in total. The molecule has 0 radical (unpaired) electrons. The van der Waals surface area contributed by atoms with E-state index in [0.29, 0.717) is 77.5 Å². The highest BCUT2D eigenvalue weighted by Gasteiger charge is 2.49. The lowest BCUT2D eigenvalue weighted by atomic mass is 9.64. The first-order valence-corrected chi connectivity index (χ1v) is 44.6. The van der Waals surface area contributed by atoms with Crippen LogP contribution in [0.5, 0.6) is 0 Å². The van der Waals surface area contributed by atoms with Crippen molar-refractivity contribution in [2.24, 2.45) is 0 Å². The minimum atomic E-state index is -0.299. The molecule has 1 aliphatic heterocycles. The van der Waals surface area contributed by atoms with E-state index in [1.54, 1.807) is 94.8 Å². The highest BCUT2D eigenvalue weighted by atomic mass is 16.5. The molecule has 0 unspecified atom stereocenters. The molecular formula is C96H102N30O7. The van der Waals surface area contributed by atoms with Crippen molar-refractivity contribution in [3.63, 3.8) is 0 Å². The SMILES string of the molecule is CC(C)(C)NC(=O)Cn1cc(-c2nc(C3(c4ccc(-c5cnc(N)nc5)cc4)CCC3)no2)cn1.CN(C(=O)Cn1cc(-c2nc(C3(c4ccc(-c5cnc(N)nc5)cc4)CCC3)no2)cn1)C1CC1.CN(C)CCn1cc(-c2nc(C3(c4ccc(-c5cnc(N)nc5)cc4)CCC3)no2)cn1.Nc1ccc(-c2ccc(C3(c4noc(-c5cnn(C6COC6)c5)n4)CCC3)cc2)cn1. The van der Waals surface area contributed by atoms with Crippen LogP contribution in [-0.4, -0.2) is 189 Å². The summed E-state index contributed by atoms with van der Waals surface area (Å²) in [5.74, 6) is 5.91. The Labute approximate surface area is 765 Å². The van der Waals surface area contributed by atoms with Crippen LogP contribution in [0.25, 0.3) is 90.3 Å². The number of ether oxygens (including phenoxy) is 1. The Morgan fingerprint density at radius 2 is 0.729 bits per heavy atom. The van der Waals surface area contributed by atoms with Crippen LogP contribution in [0.2, 0.25) is 0 Å².